The van der Waals surface area contributed by atoms with Crippen LogP contribution in [0.4, 0.5) is 0 Å². The van der Waals surface area contributed by atoms with Gasteiger partial charge in [0.25, 0.3) is 0 Å². The molecule has 6 nitrogen and oxygen atoms in total. The highest BCUT2D eigenvalue weighted by Crippen LogP contribution is 2.28. The van der Waals surface area contributed by atoms with Crippen LogP contribution < -0.4 is 0 Å². The molecule has 100 valence electrons. The molecule has 2 N–H and O–H groups in total. The van der Waals surface area contributed by atoms with Gasteiger partial charge in [0.2, 0.25) is 0 Å². The van der Waals surface area contributed by atoms with Gasteiger partial charge in [-0.25, -0.2) is 4.79 Å². The number of methoxy groups -OCH3 is 2. The quantitative estimate of drug-likeness (QED) is 0.641. The molecule has 1 fully saturated rings. The topological polar surface area (TPSA) is 85.2 Å². The Morgan fingerprint density at radius 2 is 1.94 bits per heavy atom. The summed E-state index contributed by atoms with van der Waals surface area (Å²) in [5.41, 5.74) is 0. The smallest absolute Gasteiger partial charge is 0.335 e. The van der Waals surface area contributed by atoms with E-state index in [1.807, 2.05) is 6.92 Å². The molecular weight excluding hydrogens is 228 g/mol. The molecule has 0 spiro atoms. The molecule has 6 heteroatoms. The Hall–Kier alpha value is -0.690. The van der Waals surface area contributed by atoms with E-state index in [0.717, 1.165) is 0 Å². The third-order valence-electron chi connectivity index (χ3n) is 3.07. The lowest BCUT2D eigenvalue weighted by Gasteiger charge is -2.41. The molecule has 0 bridgehead atoms. The average molecular weight is 248 g/mol. The van der Waals surface area contributed by atoms with Crippen LogP contribution in [0.2, 0.25) is 0 Å². The summed E-state index contributed by atoms with van der Waals surface area (Å²) in [6.45, 7) is 1.93. The molecule has 1 heterocycles. The summed E-state index contributed by atoms with van der Waals surface area (Å²) in [4.78, 5) is 11.6. The standard InChI is InChI=1S/C11H20O6/c1-4-7-9(13)8(12)6(5-15-2)10(17-7)11(14)16-3/h6-10,12-13H,4-5H2,1-3H3/t6-,7-,8+,9?,10?/m0/s1. The van der Waals surface area contributed by atoms with Crippen LogP contribution >= 0.6 is 0 Å². The molecular formula is C11H20O6. The molecule has 1 aliphatic rings. The van der Waals surface area contributed by atoms with Gasteiger partial charge in [0, 0.05) is 13.0 Å². The van der Waals surface area contributed by atoms with Gasteiger partial charge in [0.05, 0.1) is 25.9 Å². The number of carbonyl (C=O) groups excluding carboxylic acids is 1. The van der Waals surface area contributed by atoms with Gasteiger partial charge in [-0.2, -0.15) is 0 Å². The summed E-state index contributed by atoms with van der Waals surface area (Å²) in [7, 11) is 2.72. The van der Waals surface area contributed by atoms with Crippen molar-refractivity contribution in [3.05, 3.63) is 0 Å². The van der Waals surface area contributed by atoms with E-state index < -0.39 is 36.3 Å². The second kappa shape index (κ2) is 6.30. The zero-order valence-corrected chi connectivity index (χ0v) is 10.3. The third kappa shape index (κ3) is 2.95. The van der Waals surface area contributed by atoms with Gasteiger partial charge in [-0.05, 0) is 6.42 Å². The first-order valence-electron chi connectivity index (χ1n) is 5.65. The van der Waals surface area contributed by atoms with Crippen LogP contribution in [0.1, 0.15) is 13.3 Å². The molecule has 1 aliphatic heterocycles. The summed E-state index contributed by atoms with van der Waals surface area (Å²) < 4.78 is 15.0. The van der Waals surface area contributed by atoms with Crippen molar-refractivity contribution in [1.82, 2.24) is 0 Å². The minimum absolute atomic E-state index is 0.119. The zero-order chi connectivity index (χ0) is 13.0. The van der Waals surface area contributed by atoms with E-state index in [9.17, 15) is 15.0 Å². The van der Waals surface area contributed by atoms with E-state index in [1.165, 1.54) is 14.2 Å². The minimum Gasteiger partial charge on any atom is -0.467 e. The van der Waals surface area contributed by atoms with Gasteiger partial charge in [-0.3, -0.25) is 0 Å². The normalized spacial score (nSPS) is 37.8. The van der Waals surface area contributed by atoms with E-state index in [0.29, 0.717) is 6.42 Å². The molecule has 5 atom stereocenters. The van der Waals surface area contributed by atoms with Crippen LogP contribution in [-0.2, 0) is 19.0 Å². The molecule has 0 aromatic carbocycles. The second-order valence-corrected chi connectivity index (χ2v) is 4.13. The Balaban J connectivity index is 2.86. The lowest BCUT2D eigenvalue weighted by Crippen LogP contribution is -2.57. The van der Waals surface area contributed by atoms with Crippen LogP contribution in [0.25, 0.3) is 0 Å². The summed E-state index contributed by atoms with van der Waals surface area (Å²) in [5, 5.41) is 19.8. The molecule has 0 aliphatic carbocycles. The first-order valence-corrected chi connectivity index (χ1v) is 5.65. The fraction of sp³-hybridized carbons (Fsp3) is 0.909. The minimum atomic E-state index is -1.06. The molecule has 2 unspecified atom stereocenters. The number of esters is 1. The number of hydrogen-bond donors (Lipinski definition) is 2. The van der Waals surface area contributed by atoms with Gasteiger partial charge in [-0.15, -0.1) is 0 Å². The SMILES string of the molecule is CC[C@@H]1OC(C(=O)OC)[C@@H](COC)[C@@H](O)C1O. The number of ether oxygens (including phenoxy) is 3. The number of aliphatic hydroxyl groups excluding tert-OH is 2. The predicted molar refractivity (Wildman–Crippen MR) is 58.3 cm³/mol. The third-order valence-corrected chi connectivity index (χ3v) is 3.07. The van der Waals surface area contributed by atoms with Gasteiger partial charge in [0.15, 0.2) is 6.10 Å². The molecule has 17 heavy (non-hydrogen) atoms. The van der Waals surface area contributed by atoms with E-state index >= 15 is 0 Å². The summed E-state index contributed by atoms with van der Waals surface area (Å²) in [6, 6.07) is 0. The van der Waals surface area contributed by atoms with Crippen molar-refractivity contribution in [2.24, 2.45) is 5.92 Å². The van der Waals surface area contributed by atoms with E-state index in [-0.39, 0.29) is 6.61 Å². The maximum absolute atomic E-state index is 11.6. The Bertz CT molecular complexity index is 256. The van der Waals surface area contributed by atoms with Crippen LogP contribution in [0.3, 0.4) is 0 Å². The van der Waals surface area contributed by atoms with Crippen molar-refractivity contribution in [1.29, 1.82) is 0 Å². The largest absolute Gasteiger partial charge is 0.467 e. The Labute approximate surface area is 100 Å². The molecule has 0 aromatic heterocycles. The lowest BCUT2D eigenvalue weighted by molar-refractivity contribution is -0.219. The summed E-state index contributed by atoms with van der Waals surface area (Å²) in [5.74, 6) is -1.18. The highest BCUT2D eigenvalue weighted by Gasteiger charge is 2.47. The lowest BCUT2D eigenvalue weighted by atomic mass is 9.86. The van der Waals surface area contributed by atoms with Gasteiger partial charge >= 0.3 is 5.97 Å². The number of rotatable bonds is 4. The monoisotopic (exact) mass is 248 g/mol. The Morgan fingerprint density at radius 1 is 1.29 bits per heavy atom. The predicted octanol–water partition coefficient (Wildman–Crippen LogP) is -0.679. The highest BCUT2D eigenvalue weighted by atomic mass is 16.6. The molecule has 0 radical (unpaired) electrons. The zero-order valence-electron chi connectivity index (χ0n) is 10.3. The average Bonchev–Trinajstić information content (AvgIpc) is 2.34. The van der Waals surface area contributed by atoms with Crippen molar-refractivity contribution in [2.45, 2.75) is 37.8 Å². The Kier molecular flexibility index (Phi) is 5.32. The number of hydrogen-bond acceptors (Lipinski definition) is 6. The van der Waals surface area contributed by atoms with Crippen molar-refractivity contribution in [3.8, 4) is 0 Å². The van der Waals surface area contributed by atoms with Gasteiger partial charge in [0.1, 0.15) is 6.10 Å². The molecule has 0 amide bonds. The maximum Gasteiger partial charge on any atom is 0.335 e. The van der Waals surface area contributed by atoms with E-state index in [2.05, 4.69) is 4.74 Å². The van der Waals surface area contributed by atoms with Crippen LogP contribution in [0.15, 0.2) is 0 Å². The second-order valence-electron chi connectivity index (χ2n) is 4.13. The highest BCUT2D eigenvalue weighted by molar-refractivity contribution is 5.75. The number of aliphatic hydroxyl groups is 2. The fourth-order valence-electron chi connectivity index (χ4n) is 2.08. The Morgan fingerprint density at radius 3 is 2.41 bits per heavy atom. The summed E-state index contributed by atoms with van der Waals surface area (Å²) >= 11 is 0. The van der Waals surface area contributed by atoms with Gasteiger partial charge in [-0.1, -0.05) is 6.92 Å². The molecule has 1 rings (SSSR count). The van der Waals surface area contributed by atoms with Crippen molar-refractivity contribution in [3.63, 3.8) is 0 Å². The number of carbonyl (C=O) groups is 1. The van der Waals surface area contributed by atoms with E-state index in [4.69, 9.17) is 9.47 Å². The first-order chi connectivity index (χ1) is 8.06. The van der Waals surface area contributed by atoms with Crippen molar-refractivity contribution in [2.75, 3.05) is 20.8 Å². The fourth-order valence-corrected chi connectivity index (χ4v) is 2.08. The van der Waals surface area contributed by atoms with Crippen molar-refractivity contribution >= 4 is 5.97 Å². The maximum atomic E-state index is 11.6. The molecule has 0 aromatic rings. The first kappa shape index (κ1) is 14.4. The van der Waals surface area contributed by atoms with Crippen LogP contribution in [0.5, 0.6) is 0 Å². The van der Waals surface area contributed by atoms with E-state index in [1.54, 1.807) is 0 Å². The molecule has 1 saturated heterocycles. The van der Waals surface area contributed by atoms with Crippen LogP contribution in [0, 0.1) is 5.92 Å². The van der Waals surface area contributed by atoms with Crippen molar-refractivity contribution < 1.29 is 29.2 Å². The van der Waals surface area contributed by atoms with Crippen LogP contribution in [-0.4, -0.2) is 61.4 Å². The van der Waals surface area contributed by atoms with Gasteiger partial charge < -0.3 is 24.4 Å². The summed E-state index contributed by atoms with van der Waals surface area (Å²) in [6.07, 6.45) is -3.03. The molecule has 0 saturated carbocycles.